The number of carbonyl (C=O) groups excluding carboxylic acids is 1. The first-order valence-corrected chi connectivity index (χ1v) is 8.76. The zero-order chi connectivity index (χ0) is 18.4. The van der Waals surface area contributed by atoms with Gasteiger partial charge >= 0.3 is 5.97 Å². The van der Waals surface area contributed by atoms with Gasteiger partial charge in [0.1, 0.15) is 6.54 Å². The smallest absolute Gasteiger partial charge is 0.323 e. The minimum absolute atomic E-state index is 0.176. The SMILES string of the molecule is COc1cc(C(=O)N(CC(=O)O)CC(C)C)ccc1OC1CCCC1. The van der Waals surface area contributed by atoms with Crippen molar-refractivity contribution >= 4 is 11.9 Å². The third-order valence-electron chi connectivity index (χ3n) is 4.21. The van der Waals surface area contributed by atoms with Gasteiger partial charge in [0.15, 0.2) is 11.5 Å². The van der Waals surface area contributed by atoms with Crippen molar-refractivity contribution in [2.24, 2.45) is 5.92 Å². The van der Waals surface area contributed by atoms with E-state index in [4.69, 9.17) is 14.6 Å². The zero-order valence-corrected chi connectivity index (χ0v) is 15.2. The number of ether oxygens (including phenoxy) is 2. The van der Waals surface area contributed by atoms with Crippen molar-refractivity contribution in [3.8, 4) is 11.5 Å². The van der Waals surface area contributed by atoms with Crippen molar-refractivity contribution in [3.05, 3.63) is 23.8 Å². The molecule has 0 unspecified atom stereocenters. The number of nitrogens with zero attached hydrogens (tertiary/aromatic N) is 1. The highest BCUT2D eigenvalue weighted by atomic mass is 16.5. The summed E-state index contributed by atoms with van der Waals surface area (Å²) in [6.07, 6.45) is 4.60. The van der Waals surface area contributed by atoms with Crippen LogP contribution in [0.1, 0.15) is 49.9 Å². The van der Waals surface area contributed by atoms with E-state index in [1.165, 1.54) is 24.9 Å². The summed E-state index contributed by atoms with van der Waals surface area (Å²) >= 11 is 0. The van der Waals surface area contributed by atoms with E-state index in [1.807, 2.05) is 13.8 Å². The summed E-state index contributed by atoms with van der Waals surface area (Å²) in [5, 5.41) is 9.06. The van der Waals surface area contributed by atoms with Crippen LogP contribution in [0.25, 0.3) is 0 Å². The van der Waals surface area contributed by atoms with E-state index in [2.05, 4.69) is 0 Å². The number of hydrogen-bond donors (Lipinski definition) is 1. The lowest BCUT2D eigenvalue weighted by atomic mass is 10.1. The van der Waals surface area contributed by atoms with E-state index in [1.54, 1.807) is 18.2 Å². The summed E-state index contributed by atoms with van der Waals surface area (Å²) < 4.78 is 11.4. The lowest BCUT2D eigenvalue weighted by Gasteiger charge is -2.23. The fraction of sp³-hybridized carbons (Fsp3) is 0.579. The Labute approximate surface area is 148 Å². The first-order valence-electron chi connectivity index (χ1n) is 8.76. The lowest BCUT2D eigenvalue weighted by molar-refractivity contribution is -0.137. The Balaban J connectivity index is 2.18. The van der Waals surface area contributed by atoms with Gasteiger partial charge in [-0.25, -0.2) is 0 Å². The maximum Gasteiger partial charge on any atom is 0.323 e. The number of amides is 1. The third-order valence-corrected chi connectivity index (χ3v) is 4.21. The van der Waals surface area contributed by atoms with Crippen LogP contribution in [0.5, 0.6) is 11.5 Å². The Morgan fingerprint density at radius 2 is 1.92 bits per heavy atom. The normalized spacial score (nSPS) is 14.6. The highest BCUT2D eigenvalue weighted by Crippen LogP contribution is 2.32. The van der Waals surface area contributed by atoms with Crippen LogP contribution >= 0.6 is 0 Å². The standard InChI is InChI=1S/C19H27NO5/c1-13(2)11-20(12-18(21)22)19(23)14-8-9-16(17(10-14)24-3)25-15-6-4-5-7-15/h8-10,13,15H,4-7,11-12H2,1-3H3,(H,21,22). The minimum atomic E-state index is -1.03. The molecule has 6 heteroatoms. The van der Waals surface area contributed by atoms with Crippen LogP contribution in [0.15, 0.2) is 18.2 Å². The molecule has 1 amide bonds. The summed E-state index contributed by atoms with van der Waals surface area (Å²) in [4.78, 5) is 25.1. The topological polar surface area (TPSA) is 76.1 Å². The molecule has 0 atom stereocenters. The van der Waals surface area contributed by atoms with Gasteiger partial charge < -0.3 is 19.5 Å². The van der Waals surface area contributed by atoms with Crippen molar-refractivity contribution in [3.63, 3.8) is 0 Å². The molecule has 1 aliphatic carbocycles. The Bertz CT molecular complexity index is 608. The molecule has 1 fully saturated rings. The molecule has 1 N–H and O–H groups in total. The van der Waals surface area contributed by atoms with Gasteiger partial charge in [-0.2, -0.15) is 0 Å². The van der Waals surface area contributed by atoms with E-state index in [-0.39, 0.29) is 24.5 Å². The van der Waals surface area contributed by atoms with Crippen molar-refractivity contribution in [2.45, 2.75) is 45.6 Å². The number of hydrogen-bond acceptors (Lipinski definition) is 4. The molecule has 6 nitrogen and oxygen atoms in total. The molecule has 0 spiro atoms. The first-order chi connectivity index (χ1) is 11.9. The van der Waals surface area contributed by atoms with Crippen LogP contribution in [0.2, 0.25) is 0 Å². The van der Waals surface area contributed by atoms with Gasteiger partial charge in [0.25, 0.3) is 5.91 Å². The highest BCUT2D eigenvalue weighted by Gasteiger charge is 2.22. The zero-order valence-electron chi connectivity index (χ0n) is 15.2. The number of carboxylic acid groups (broad SMARTS) is 1. The Morgan fingerprint density at radius 1 is 1.24 bits per heavy atom. The number of benzene rings is 1. The monoisotopic (exact) mass is 349 g/mol. The fourth-order valence-corrected chi connectivity index (χ4v) is 3.09. The predicted molar refractivity (Wildman–Crippen MR) is 94.3 cm³/mol. The molecule has 25 heavy (non-hydrogen) atoms. The second-order valence-electron chi connectivity index (χ2n) is 6.86. The molecule has 1 aromatic carbocycles. The van der Waals surface area contributed by atoms with Gasteiger partial charge in [0.2, 0.25) is 0 Å². The maximum absolute atomic E-state index is 12.7. The Kier molecular flexibility index (Phi) is 6.67. The van der Waals surface area contributed by atoms with E-state index < -0.39 is 5.97 Å². The molecular weight excluding hydrogens is 322 g/mol. The number of aliphatic carboxylic acids is 1. The van der Waals surface area contributed by atoms with Crippen LogP contribution in [0.4, 0.5) is 0 Å². The van der Waals surface area contributed by atoms with Crippen molar-refractivity contribution in [2.75, 3.05) is 20.2 Å². The molecule has 1 saturated carbocycles. The van der Waals surface area contributed by atoms with Gasteiger partial charge in [0.05, 0.1) is 13.2 Å². The van der Waals surface area contributed by atoms with Gasteiger partial charge in [0, 0.05) is 12.1 Å². The van der Waals surface area contributed by atoms with Crippen molar-refractivity contribution in [1.82, 2.24) is 4.90 Å². The van der Waals surface area contributed by atoms with Crippen molar-refractivity contribution < 1.29 is 24.2 Å². The maximum atomic E-state index is 12.7. The molecule has 2 rings (SSSR count). The third kappa shape index (κ3) is 5.37. The molecule has 0 radical (unpaired) electrons. The number of carboxylic acids is 1. The van der Waals surface area contributed by atoms with Gasteiger partial charge in [-0.1, -0.05) is 13.8 Å². The van der Waals surface area contributed by atoms with Gasteiger partial charge in [-0.05, 0) is 49.8 Å². The Hall–Kier alpha value is -2.24. The summed E-state index contributed by atoms with van der Waals surface area (Å²) in [6, 6.07) is 5.03. The minimum Gasteiger partial charge on any atom is -0.493 e. The van der Waals surface area contributed by atoms with Crippen LogP contribution < -0.4 is 9.47 Å². The molecule has 0 heterocycles. The molecule has 0 aliphatic heterocycles. The molecule has 138 valence electrons. The number of rotatable bonds is 8. The van der Waals surface area contributed by atoms with E-state index in [0.717, 1.165) is 12.8 Å². The summed E-state index contributed by atoms with van der Waals surface area (Å²) in [5.74, 6) is -0.0451. The number of methoxy groups -OCH3 is 1. The number of carbonyl (C=O) groups is 2. The molecule has 1 aromatic rings. The summed E-state index contributed by atoms with van der Waals surface area (Å²) in [5.41, 5.74) is 0.400. The quantitative estimate of drug-likeness (QED) is 0.780. The van der Waals surface area contributed by atoms with Crippen LogP contribution in [0.3, 0.4) is 0 Å². The van der Waals surface area contributed by atoms with E-state index in [9.17, 15) is 9.59 Å². The van der Waals surface area contributed by atoms with Crippen LogP contribution in [-0.2, 0) is 4.79 Å². The van der Waals surface area contributed by atoms with Gasteiger partial charge in [-0.15, -0.1) is 0 Å². The van der Waals surface area contributed by atoms with E-state index >= 15 is 0 Å². The fourth-order valence-electron chi connectivity index (χ4n) is 3.09. The average molecular weight is 349 g/mol. The molecule has 0 bridgehead atoms. The largest absolute Gasteiger partial charge is 0.493 e. The molecular formula is C19H27NO5. The van der Waals surface area contributed by atoms with E-state index in [0.29, 0.717) is 23.6 Å². The highest BCUT2D eigenvalue weighted by molar-refractivity contribution is 5.96. The average Bonchev–Trinajstić information content (AvgIpc) is 3.06. The predicted octanol–water partition coefficient (Wildman–Crippen LogP) is 3.20. The lowest BCUT2D eigenvalue weighted by Crippen LogP contribution is -2.38. The van der Waals surface area contributed by atoms with Crippen LogP contribution in [-0.4, -0.2) is 48.2 Å². The second-order valence-corrected chi connectivity index (χ2v) is 6.86. The second kappa shape index (κ2) is 8.74. The summed E-state index contributed by atoms with van der Waals surface area (Å²) in [7, 11) is 1.54. The molecule has 1 aliphatic rings. The molecule has 0 saturated heterocycles. The van der Waals surface area contributed by atoms with Crippen LogP contribution in [0, 0.1) is 5.92 Å². The molecule has 0 aromatic heterocycles. The Morgan fingerprint density at radius 3 is 2.48 bits per heavy atom. The first kappa shape index (κ1) is 19.1. The van der Waals surface area contributed by atoms with Crippen molar-refractivity contribution in [1.29, 1.82) is 0 Å². The summed E-state index contributed by atoms with van der Waals surface area (Å²) in [6.45, 7) is 3.95. The van der Waals surface area contributed by atoms with Gasteiger partial charge in [-0.3, -0.25) is 9.59 Å².